The molecule has 0 saturated carbocycles. The number of fused-ring (bicyclic) bond motifs is 1. The number of nitrogens with zero attached hydrogens (tertiary/aromatic N) is 1. The summed E-state index contributed by atoms with van der Waals surface area (Å²) >= 11 is 12.4. The van der Waals surface area contributed by atoms with Crippen molar-refractivity contribution < 1.29 is 9.90 Å². The Bertz CT molecular complexity index is 819. The molecule has 0 fully saturated rings. The monoisotopic (exact) mass is 319 g/mol. The van der Waals surface area contributed by atoms with Crippen LogP contribution in [0.3, 0.4) is 0 Å². The number of hydrogen-bond donors (Lipinski definition) is 1. The number of carboxylic acid groups (broad SMARTS) is 1. The van der Waals surface area contributed by atoms with Crippen molar-refractivity contribution in [3.63, 3.8) is 0 Å². The van der Waals surface area contributed by atoms with E-state index in [1.54, 1.807) is 28.8 Å². The van der Waals surface area contributed by atoms with Crippen LogP contribution in [0.25, 0.3) is 10.9 Å². The average molecular weight is 320 g/mol. The van der Waals surface area contributed by atoms with Gasteiger partial charge in [0.1, 0.15) is 5.69 Å². The van der Waals surface area contributed by atoms with E-state index < -0.39 is 5.97 Å². The second-order valence-corrected chi connectivity index (χ2v) is 5.49. The van der Waals surface area contributed by atoms with Gasteiger partial charge in [-0.05, 0) is 24.3 Å². The molecule has 0 unspecified atom stereocenters. The van der Waals surface area contributed by atoms with Gasteiger partial charge in [0, 0.05) is 26.5 Å². The average Bonchev–Trinajstić information content (AvgIpc) is 2.82. The zero-order valence-electron chi connectivity index (χ0n) is 10.9. The van der Waals surface area contributed by atoms with Crippen molar-refractivity contribution in [3.8, 4) is 0 Å². The molecule has 0 amide bonds. The van der Waals surface area contributed by atoms with Gasteiger partial charge in [0.05, 0.1) is 6.54 Å². The van der Waals surface area contributed by atoms with Crippen molar-refractivity contribution >= 4 is 40.1 Å². The van der Waals surface area contributed by atoms with E-state index in [9.17, 15) is 9.90 Å². The number of rotatable bonds is 3. The van der Waals surface area contributed by atoms with Crippen LogP contribution in [0.1, 0.15) is 16.1 Å². The molecule has 0 aliphatic rings. The molecule has 0 aliphatic carbocycles. The minimum absolute atomic E-state index is 0.215. The van der Waals surface area contributed by atoms with E-state index in [0.29, 0.717) is 22.2 Å². The first-order valence-corrected chi connectivity index (χ1v) is 7.08. The Balaban J connectivity index is 2.20. The summed E-state index contributed by atoms with van der Waals surface area (Å²) in [7, 11) is 0. The molecule has 1 heterocycles. The van der Waals surface area contributed by atoms with E-state index >= 15 is 0 Å². The number of carboxylic acids is 1. The Labute approximate surface area is 131 Å². The Kier molecular flexibility index (Phi) is 3.62. The summed E-state index contributed by atoms with van der Waals surface area (Å²) in [4.78, 5) is 11.5. The summed E-state index contributed by atoms with van der Waals surface area (Å²) in [6.07, 6.45) is 0. The molecule has 3 aromatic rings. The summed E-state index contributed by atoms with van der Waals surface area (Å²) in [5.74, 6) is -0.977. The minimum Gasteiger partial charge on any atom is -0.477 e. The molecule has 0 atom stereocenters. The molecule has 2 aromatic carbocycles. The van der Waals surface area contributed by atoms with Crippen molar-refractivity contribution in [1.82, 2.24) is 4.57 Å². The topological polar surface area (TPSA) is 42.2 Å². The number of para-hydroxylation sites is 1. The zero-order valence-corrected chi connectivity index (χ0v) is 12.4. The van der Waals surface area contributed by atoms with Gasteiger partial charge in [-0.1, -0.05) is 47.5 Å². The number of hydrogen-bond acceptors (Lipinski definition) is 1. The highest BCUT2D eigenvalue weighted by Gasteiger charge is 2.16. The third kappa shape index (κ3) is 2.50. The summed E-state index contributed by atoms with van der Waals surface area (Å²) < 4.78 is 1.71. The molecular weight excluding hydrogens is 309 g/mol. The van der Waals surface area contributed by atoms with Crippen LogP contribution < -0.4 is 0 Å². The molecule has 0 saturated heterocycles. The fraction of sp³-hybridized carbons (Fsp3) is 0.0625. The van der Waals surface area contributed by atoms with Crippen LogP contribution in [-0.2, 0) is 6.54 Å². The molecule has 0 spiro atoms. The Morgan fingerprint density at radius 1 is 1.05 bits per heavy atom. The zero-order chi connectivity index (χ0) is 15.0. The van der Waals surface area contributed by atoms with Gasteiger partial charge in [-0.25, -0.2) is 4.79 Å². The first kappa shape index (κ1) is 14.0. The maximum Gasteiger partial charge on any atom is 0.352 e. The third-order valence-electron chi connectivity index (χ3n) is 3.41. The molecule has 0 bridgehead atoms. The summed E-state index contributed by atoms with van der Waals surface area (Å²) in [6, 6.07) is 14.4. The number of carbonyl (C=O) groups is 1. The molecule has 0 radical (unpaired) electrons. The summed E-state index contributed by atoms with van der Waals surface area (Å²) in [6.45, 7) is 0.313. The van der Waals surface area contributed by atoms with Gasteiger partial charge < -0.3 is 9.67 Å². The lowest BCUT2D eigenvalue weighted by Crippen LogP contribution is -2.09. The fourth-order valence-corrected chi connectivity index (χ4v) is 2.92. The normalized spacial score (nSPS) is 11.0. The smallest absolute Gasteiger partial charge is 0.352 e. The first-order chi connectivity index (χ1) is 10.1. The second-order valence-electron chi connectivity index (χ2n) is 4.68. The molecule has 3 nitrogen and oxygen atoms in total. The Hall–Kier alpha value is -1.97. The van der Waals surface area contributed by atoms with E-state index in [4.69, 9.17) is 23.2 Å². The fourth-order valence-electron chi connectivity index (χ4n) is 2.40. The molecule has 106 valence electrons. The van der Waals surface area contributed by atoms with Crippen molar-refractivity contribution in [3.05, 3.63) is 69.8 Å². The minimum atomic E-state index is -0.977. The highest BCUT2D eigenvalue weighted by molar-refractivity contribution is 6.36. The second kappa shape index (κ2) is 5.43. The SMILES string of the molecule is O=C(O)c1cc2ccccc2n1Cc1c(Cl)cccc1Cl. The van der Waals surface area contributed by atoms with Crippen LogP contribution in [0, 0.1) is 0 Å². The Morgan fingerprint density at radius 2 is 1.71 bits per heavy atom. The molecule has 1 aromatic heterocycles. The van der Waals surface area contributed by atoms with Crippen molar-refractivity contribution in [1.29, 1.82) is 0 Å². The van der Waals surface area contributed by atoms with Crippen molar-refractivity contribution in [2.75, 3.05) is 0 Å². The van der Waals surface area contributed by atoms with Gasteiger partial charge in [-0.15, -0.1) is 0 Å². The van der Waals surface area contributed by atoms with Crippen LogP contribution >= 0.6 is 23.2 Å². The van der Waals surface area contributed by atoms with E-state index in [2.05, 4.69) is 0 Å². The van der Waals surface area contributed by atoms with Gasteiger partial charge in [0.2, 0.25) is 0 Å². The molecule has 3 rings (SSSR count). The van der Waals surface area contributed by atoms with Gasteiger partial charge in [0.15, 0.2) is 0 Å². The van der Waals surface area contributed by atoms with E-state index in [0.717, 1.165) is 10.9 Å². The lowest BCUT2D eigenvalue weighted by molar-refractivity contribution is 0.0686. The highest BCUT2D eigenvalue weighted by atomic mass is 35.5. The molecular formula is C16H11Cl2NO2. The Morgan fingerprint density at radius 3 is 2.38 bits per heavy atom. The quantitative estimate of drug-likeness (QED) is 0.760. The van der Waals surface area contributed by atoms with Crippen LogP contribution in [0.5, 0.6) is 0 Å². The van der Waals surface area contributed by atoms with Crippen molar-refractivity contribution in [2.45, 2.75) is 6.54 Å². The number of aromatic nitrogens is 1. The van der Waals surface area contributed by atoms with E-state index in [-0.39, 0.29) is 5.69 Å². The lowest BCUT2D eigenvalue weighted by Gasteiger charge is -2.11. The first-order valence-electron chi connectivity index (χ1n) is 6.32. The molecule has 21 heavy (non-hydrogen) atoms. The largest absolute Gasteiger partial charge is 0.477 e. The van der Waals surface area contributed by atoms with Crippen LogP contribution in [0.15, 0.2) is 48.5 Å². The highest BCUT2D eigenvalue weighted by Crippen LogP contribution is 2.28. The maximum atomic E-state index is 11.5. The van der Waals surface area contributed by atoms with Crippen molar-refractivity contribution in [2.24, 2.45) is 0 Å². The molecule has 0 aliphatic heterocycles. The van der Waals surface area contributed by atoms with Gasteiger partial charge in [-0.2, -0.15) is 0 Å². The van der Waals surface area contributed by atoms with Crippen LogP contribution in [0.2, 0.25) is 10.0 Å². The summed E-state index contributed by atoms with van der Waals surface area (Å²) in [5, 5.41) is 11.3. The number of aromatic carboxylic acids is 1. The van der Waals surface area contributed by atoms with Gasteiger partial charge >= 0.3 is 5.97 Å². The third-order valence-corrected chi connectivity index (χ3v) is 4.12. The number of halogens is 2. The standard InChI is InChI=1S/C16H11Cl2NO2/c17-12-5-3-6-13(18)11(12)9-19-14-7-2-1-4-10(14)8-15(19)16(20)21/h1-8H,9H2,(H,20,21). The van der Waals surface area contributed by atoms with Crippen LogP contribution in [0.4, 0.5) is 0 Å². The van der Waals surface area contributed by atoms with Crippen LogP contribution in [-0.4, -0.2) is 15.6 Å². The summed E-state index contributed by atoms with van der Waals surface area (Å²) in [5.41, 5.74) is 1.77. The van der Waals surface area contributed by atoms with E-state index in [1.807, 2.05) is 24.3 Å². The molecule has 5 heteroatoms. The molecule has 1 N–H and O–H groups in total. The van der Waals surface area contributed by atoms with Gasteiger partial charge in [0.25, 0.3) is 0 Å². The predicted octanol–water partition coefficient (Wildman–Crippen LogP) is 4.69. The number of benzene rings is 2. The van der Waals surface area contributed by atoms with Gasteiger partial charge in [-0.3, -0.25) is 0 Å². The maximum absolute atomic E-state index is 11.5. The predicted molar refractivity (Wildman–Crippen MR) is 84.5 cm³/mol. The lowest BCUT2D eigenvalue weighted by atomic mass is 10.2. The van der Waals surface area contributed by atoms with E-state index in [1.165, 1.54) is 0 Å².